The number of benzene rings is 1. The molecule has 124 valence electrons. The van der Waals surface area contributed by atoms with Crippen LogP contribution in [0.15, 0.2) is 52.2 Å². The molecule has 0 atom stereocenters. The van der Waals surface area contributed by atoms with Crippen molar-refractivity contribution in [2.24, 2.45) is 5.10 Å². The van der Waals surface area contributed by atoms with Gasteiger partial charge in [0.2, 0.25) is 0 Å². The van der Waals surface area contributed by atoms with Crippen molar-refractivity contribution in [2.45, 2.75) is 0 Å². The van der Waals surface area contributed by atoms with Crippen molar-refractivity contribution in [3.8, 4) is 0 Å². The highest BCUT2D eigenvalue weighted by Gasteiger charge is 2.09. The average Bonchev–Trinajstić information content (AvgIpc) is 3.14. The smallest absolute Gasteiger partial charge is 0.337 e. The molecule has 8 heteroatoms. The molecular weight excluding hydrogens is 314 g/mol. The molecule has 0 fully saturated rings. The molecule has 0 aliphatic rings. The Hall–Kier alpha value is -3.42. The number of furan rings is 1. The Morgan fingerprint density at radius 2 is 1.96 bits per heavy atom. The van der Waals surface area contributed by atoms with Crippen LogP contribution in [0.3, 0.4) is 0 Å². The van der Waals surface area contributed by atoms with Crippen LogP contribution in [0.1, 0.15) is 26.5 Å². The second kappa shape index (κ2) is 8.28. The van der Waals surface area contributed by atoms with Crippen LogP contribution >= 0.6 is 0 Å². The highest BCUT2D eigenvalue weighted by Crippen LogP contribution is 2.03. The van der Waals surface area contributed by atoms with Crippen molar-refractivity contribution < 1.29 is 23.5 Å². The summed E-state index contributed by atoms with van der Waals surface area (Å²) in [5.41, 5.74) is 3.37. The quantitative estimate of drug-likeness (QED) is 0.466. The van der Waals surface area contributed by atoms with Crippen molar-refractivity contribution in [3.63, 3.8) is 0 Å². The van der Waals surface area contributed by atoms with Gasteiger partial charge in [-0.1, -0.05) is 12.1 Å². The lowest BCUT2D eigenvalue weighted by molar-refractivity contribution is -0.120. The van der Waals surface area contributed by atoms with E-state index >= 15 is 0 Å². The van der Waals surface area contributed by atoms with E-state index in [-0.39, 0.29) is 12.3 Å². The average molecular weight is 329 g/mol. The summed E-state index contributed by atoms with van der Waals surface area (Å²) in [5.74, 6) is -1.29. The number of nitrogens with one attached hydrogen (secondary N) is 2. The Bertz CT molecular complexity index is 736. The third kappa shape index (κ3) is 4.80. The zero-order chi connectivity index (χ0) is 17.4. The number of hydrazone groups is 1. The van der Waals surface area contributed by atoms with Gasteiger partial charge >= 0.3 is 5.97 Å². The third-order valence-corrected chi connectivity index (χ3v) is 2.89. The van der Waals surface area contributed by atoms with Gasteiger partial charge in [0.15, 0.2) is 5.76 Å². The fraction of sp³-hybridized carbons (Fsp3) is 0.125. The van der Waals surface area contributed by atoms with Gasteiger partial charge in [-0.3, -0.25) is 9.59 Å². The SMILES string of the molecule is COC(=O)c1ccc(/C=N\NC(=O)CNC(=O)c2ccco2)cc1. The van der Waals surface area contributed by atoms with Crippen molar-refractivity contribution in [1.29, 1.82) is 0 Å². The molecule has 0 spiro atoms. The van der Waals surface area contributed by atoms with Gasteiger partial charge in [-0.15, -0.1) is 0 Å². The van der Waals surface area contributed by atoms with Crippen molar-refractivity contribution in [2.75, 3.05) is 13.7 Å². The molecule has 0 aliphatic heterocycles. The molecule has 2 aromatic rings. The van der Waals surface area contributed by atoms with Crippen LogP contribution in [0.5, 0.6) is 0 Å². The summed E-state index contributed by atoms with van der Waals surface area (Å²) in [6.45, 7) is -0.238. The summed E-state index contributed by atoms with van der Waals surface area (Å²) in [6.07, 6.45) is 2.78. The molecule has 0 saturated carbocycles. The normalized spacial score (nSPS) is 10.4. The molecule has 1 aromatic carbocycles. The number of ether oxygens (including phenoxy) is 1. The summed E-state index contributed by atoms with van der Waals surface area (Å²) in [6, 6.07) is 9.53. The maximum Gasteiger partial charge on any atom is 0.337 e. The summed E-state index contributed by atoms with van der Waals surface area (Å²) in [5, 5.41) is 6.15. The minimum absolute atomic E-state index is 0.122. The molecule has 24 heavy (non-hydrogen) atoms. The van der Waals surface area contributed by atoms with Gasteiger partial charge in [-0.25, -0.2) is 10.2 Å². The first-order valence-corrected chi connectivity index (χ1v) is 6.92. The minimum Gasteiger partial charge on any atom is -0.465 e. The Labute approximate surface area is 137 Å². The van der Waals surface area contributed by atoms with Crippen LogP contribution in [0, 0.1) is 0 Å². The highest BCUT2D eigenvalue weighted by atomic mass is 16.5. The largest absolute Gasteiger partial charge is 0.465 e. The van der Waals surface area contributed by atoms with E-state index in [2.05, 4.69) is 20.6 Å². The Morgan fingerprint density at radius 3 is 2.58 bits per heavy atom. The Balaban J connectivity index is 1.77. The van der Waals surface area contributed by atoms with E-state index in [1.807, 2.05) is 0 Å². The number of hydrogen-bond donors (Lipinski definition) is 2. The number of nitrogens with zero attached hydrogens (tertiary/aromatic N) is 1. The predicted octanol–water partition coefficient (Wildman–Crippen LogP) is 0.946. The number of rotatable bonds is 6. The number of amides is 2. The second-order valence-corrected chi connectivity index (χ2v) is 4.57. The number of esters is 1. The molecule has 2 amide bonds. The highest BCUT2D eigenvalue weighted by molar-refractivity contribution is 5.94. The van der Waals surface area contributed by atoms with E-state index in [0.29, 0.717) is 11.1 Å². The van der Waals surface area contributed by atoms with Crippen LogP contribution in [0.2, 0.25) is 0 Å². The number of methoxy groups -OCH3 is 1. The van der Waals surface area contributed by atoms with Gasteiger partial charge in [0.1, 0.15) is 0 Å². The van der Waals surface area contributed by atoms with Gasteiger partial charge < -0.3 is 14.5 Å². The van der Waals surface area contributed by atoms with Gasteiger partial charge in [-0.2, -0.15) is 5.10 Å². The Morgan fingerprint density at radius 1 is 1.21 bits per heavy atom. The first-order valence-electron chi connectivity index (χ1n) is 6.92. The lowest BCUT2D eigenvalue weighted by Gasteiger charge is -2.02. The first kappa shape index (κ1) is 16.9. The first-order chi connectivity index (χ1) is 11.6. The predicted molar refractivity (Wildman–Crippen MR) is 84.6 cm³/mol. The lowest BCUT2D eigenvalue weighted by atomic mass is 10.1. The van der Waals surface area contributed by atoms with Gasteiger partial charge in [-0.05, 0) is 29.8 Å². The molecule has 0 unspecified atom stereocenters. The number of carbonyl (C=O) groups is 3. The molecule has 8 nitrogen and oxygen atoms in total. The van der Waals surface area contributed by atoms with E-state index < -0.39 is 17.8 Å². The second-order valence-electron chi connectivity index (χ2n) is 4.57. The summed E-state index contributed by atoms with van der Waals surface area (Å²) >= 11 is 0. The van der Waals surface area contributed by atoms with Gasteiger partial charge in [0.05, 0.1) is 31.7 Å². The van der Waals surface area contributed by atoms with E-state index in [4.69, 9.17) is 4.42 Å². The fourth-order valence-corrected chi connectivity index (χ4v) is 1.70. The van der Waals surface area contributed by atoms with Crippen molar-refractivity contribution >= 4 is 24.0 Å². The molecule has 0 saturated heterocycles. The third-order valence-electron chi connectivity index (χ3n) is 2.89. The lowest BCUT2D eigenvalue weighted by Crippen LogP contribution is -2.34. The summed E-state index contributed by atoms with van der Waals surface area (Å²) in [7, 11) is 1.30. The van der Waals surface area contributed by atoms with Crippen LogP contribution in [-0.2, 0) is 9.53 Å². The van der Waals surface area contributed by atoms with Crippen LogP contribution in [-0.4, -0.2) is 37.7 Å². The molecular formula is C16H15N3O5. The number of hydrogen-bond acceptors (Lipinski definition) is 6. The van der Waals surface area contributed by atoms with Crippen LogP contribution < -0.4 is 10.7 Å². The summed E-state index contributed by atoms with van der Waals surface area (Å²) < 4.78 is 9.49. The topological polar surface area (TPSA) is 110 Å². The van der Waals surface area contributed by atoms with E-state index in [1.165, 1.54) is 25.7 Å². The number of carbonyl (C=O) groups excluding carboxylic acids is 3. The molecule has 2 N–H and O–H groups in total. The fourth-order valence-electron chi connectivity index (χ4n) is 1.70. The molecule has 0 radical (unpaired) electrons. The van der Waals surface area contributed by atoms with E-state index in [0.717, 1.165) is 0 Å². The van der Waals surface area contributed by atoms with Crippen molar-refractivity contribution in [3.05, 3.63) is 59.5 Å². The molecule has 0 aliphatic carbocycles. The molecule has 2 rings (SSSR count). The zero-order valence-electron chi connectivity index (χ0n) is 12.8. The van der Waals surface area contributed by atoms with E-state index in [1.54, 1.807) is 30.3 Å². The van der Waals surface area contributed by atoms with Gasteiger partial charge in [0, 0.05) is 0 Å². The van der Waals surface area contributed by atoms with Crippen LogP contribution in [0.25, 0.3) is 0 Å². The minimum atomic E-state index is -0.489. The van der Waals surface area contributed by atoms with Crippen LogP contribution in [0.4, 0.5) is 0 Å². The van der Waals surface area contributed by atoms with E-state index in [9.17, 15) is 14.4 Å². The molecule has 1 heterocycles. The zero-order valence-corrected chi connectivity index (χ0v) is 12.8. The monoisotopic (exact) mass is 329 g/mol. The molecule has 0 bridgehead atoms. The van der Waals surface area contributed by atoms with Gasteiger partial charge in [0.25, 0.3) is 11.8 Å². The standard InChI is InChI=1S/C16H15N3O5/c1-23-16(22)12-6-4-11(5-7-12)9-18-19-14(20)10-17-15(21)13-3-2-8-24-13/h2-9H,10H2,1H3,(H,17,21)(H,19,20)/b18-9-. The maximum atomic E-state index is 11.6. The molecule has 1 aromatic heterocycles. The maximum absolute atomic E-state index is 11.6. The Kier molecular flexibility index (Phi) is 5.84. The summed E-state index contributed by atoms with van der Waals surface area (Å²) in [4.78, 5) is 34.4. The van der Waals surface area contributed by atoms with Crippen molar-refractivity contribution in [1.82, 2.24) is 10.7 Å².